The molecule has 9 heteroatoms. The van der Waals surface area contributed by atoms with E-state index in [-0.39, 0.29) is 18.0 Å². The van der Waals surface area contributed by atoms with Crippen LogP contribution in [-0.2, 0) is 4.74 Å². The number of nitrogens with zero attached hydrogens (tertiary/aromatic N) is 5. The molecular formula is C21H18N6O3. The van der Waals surface area contributed by atoms with E-state index < -0.39 is 5.97 Å². The summed E-state index contributed by atoms with van der Waals surface area (Å²) in [5.74, 6) is 0.340. The van der Waals surface area contributed by atoms with E-state index in [1.807, 2.05) is 18.2 Å². The first kappa shape index (κ1) is 19.1. The number of esters is 1. The molecule has 2 N–H and O–H groups in total. The number of pyridine rings is 1. The largest absolute Gasteiger partial charge is 0.497 e. The predicted octanol–water partition coefficient (Wildman–Crippen LogP) is 2.89. The van der Waals surface area contributed by atoms with Crippen molar-refractivity contribution >= 4 is 28.5 Å². The number of fused-ring (bicyclic) bond motifs is 3. The number of benzene rings is 1. The van der Waals surface area contributed by atoms with Gasteiger partial charge in [0.1, 0.15) is 23.2 Å². The second-order valence-electron chi connectivity index (χ2n) is 6.50. The van der Waals surface area contributed by atoms with Crippen molar-refractivity contribution in [3.05, 3.63) is 47.3 Å². The molecule has 0 saturated carbocycles. The van der Waals surface area contributed by atoms with Crippen LogP contribution in [0.25, 0.3) is 27.8 Å². The summed E-state index contributed by atoms with van der Waals surface area (Å²) >= 11 is 0. The monoisotopic (exact) mass is 402 g/mol. The number of aromatic nitrogens is 4. The van der Waals surface area contributed by atoms with Gasteiger partial charge in [0.25, 0.3) is 0 Å². The highest BCUT2D eigenvalue weighted by molar-refractivity contribution is 6.11. The summed E-state index contributed by atoms with van der Waals surface area (Å²) in [6.45, 7) is 3.69. The van der Waals surface area contributed by atoms with Crippen LogP contribution in [-0.4, -0.2) is 39.3 Å². The van der Waals surface area contributed by atoms with Gasteiger partial charge < -0.3 is 15.2 Å². The molecule has 0 fully saturated rings. The Morgan fingerprint density at radius 3 is 2.67 bits per heavy atom. The van der Waals surface area contributed by atoms with E-state index in [1.54, 1.807) is 33.1 Å². The minimum absolute atomic E-state index is 0.150. The third-order valence-electron chi connectivity index (χ3n) is 4.78. The van der Waals surface area contributed by atoms with E-state index in [9.17, 15) is 10.1 Å². The maximum absolute atomic E-state index is 12.8. The molecule has 9 nitrogen and oxygen atoms in total. The molecule has 4 aromatic rings. The van der Waals surface area contributed by atoms with Crippen molar-refractivity contribution < 1.29 is 14.3 Å². The van der Waals surface area contributed by atoms with Crippen LogP contribution in [0.1, 0.15) is 28.5 Å². The fourth-order valence-electron chi connectivity index (χ4n) is 3.40. The van der Waals surface area contributed by atoms with Crippen LogP contribution in [0, 0.1) is 18.3 Å². The van der Waals surface area contributed by atoms with Crippen LogP contribution in [0.15, 0.2) is 30.5 Å². The quantitative estimate of drug-likeness (QED) is 0.516. The molecule has 3 heterocycles. The van der Waals surface area contributed by atoms with Crippen molar-refractivity contribution in [1.29, 1.82) is 5.26 Å². The van der Waals surface area contributed by atoms with Gasteiger partial charge in [-0.2, -0.15) is 9.78 Å². The van der Waals surface area contributed by atoms with E-state index in [4.69, 9.17) is 15.2 Å². The molecule has 0 amide bonds. The zero-order chi connectivity index (χ0) is 21.4. The number of carbonyl (C=O) groups is 1. The molecule has 0 aliphatic carbocycles. The van der Waals surface area contributed by atoms with Crippen LogP contribution < -0.4 is 10.5 Å². The number of rotatable bonds is 4. The summed E-state index contributed by atoms with van der Waals surface area (Å²) in [5.41, 5.74) is 9.19. The maximum atomic E-state index is 12.8. The minimum Gasteiger partial charge on any atom is -0.497 e. The summed E-state index contributed by atoms with van der Waals surface area (Å²) in [4.78, 5) is 21.7. The number of aryl methyl sites for hydroxylation is 1. The van der Waals surface area contributed by atoms with Gasteiger partial charge in [0.05, 0.1) is 36.6 Å². The van der Waals surface area contributed by atoms with Crippen molar-refractivity contribution in [3.63, 3.8) is 0 Å². The zero-order valence-corrected chi connectivity index (χ0v) is 16.6. The normalized spacial score (nSPS) is 10.9. The smallest absolute Gasteiger partial charge is 0.340 e. The highest BCUT2D eigenvalue weighted by Crippen LogP contribution is 2.36. The number of ether oxygens (including phenoxy) is 2. The second-order valence-corrected chi connectivity index (χ2v) is 6.50. The van der Waals surface area contributed by atoms with Gasteiger partial charge in [0.15, 0.2) is 11.3 Å². The summed E-state index contributed by atoms with van der Waals surface area (Å²) in [6.07, 6.45) is 1.38. The summed E-state index contributed by atoms with van der Waals surface area (Å²) in [6, 6.07) is 9.27. The van der Waals surface area contributed by atoms with Crippen LogP contribution in [0.5, 0.6) is 5.75 Å². The van der Waals surface area contributed by atoms with Crippen molar-refractivity contribution in [1.82, 2.24) is 19.6 Å². The molecule has 0 spiro atoms. The number of carbonyl (C=O) groups excluding carboxylic acids is 1. The lowest BCUT2D eigenvalue weighted by Crippen LogP contribution is -2.10. The minimum atomic E-state index is -0.490. The van der Waals surface area contributed by atoms with Crippen molar-refractivity contribution in [2.24, 2.45) is 0 Å². The molecule has 0 unspecified atom stereocenters. The van der Waals surface area contributed by atoms with Crippen molar-refractivity contribution in [2.75, 3.05) is 19.5 Å². The van der Waals surface area contributed by atoms with Crippen LogP contribution in [0.4, 0.5) is 5.82 Å². The first-order valence-corrected chi connectivity index (χ1v) is 9.19. The van der Waals surface area contributed by atoms with Gasteiger partial charge in [-0.25, -0.2) is 14.8 Å². The van der Waals surface area contributed by atoms with E-state index in [0.29, 0.717) is 39.3 Å². The number of nitrogen functional groups attached to an aromatic ring is 1. The standard InChI is InChI=1S/C21H18N6O3/c1-4-30-21(28)15-11(2)25-19-17(16(15)12-5-7-14(29-3)8-6-12)20-24-10-13(9-22)18(23)27(20)26-19/h5-8,10H,4,23H2,1-3H3. The topological polar surface area (TPSA) is 128 Å². The number of hydrogen-bond donors (Lipinski definition) is 1. The molecule has 0 atom stereocenters. The Kier molecular flexibility index (Phi) is 4.68. The summed E-state index contributed by atoms with van der Waals surface area (Å²) < 4.78 is 11.9. The van der Waals surface area contributed by atoms with Crippen LogP contribution in [0.3, 0.4) is 0 Å². The lowest BCUT2D eigenvalue weighted by Gasteiger charge is -2.13. The Morgan fingerprint density at radius 1 is 1.30 bits per heavy atom. The molecule has 4 rings (SSSR count). The van der Waals surface area contributed by atoms with Gasteiger partial charge in [-0.15, -0.1) is 5.10 Å². The Morgan fingerprint density at radius 2 is 2.03 bits per heavy atom. The Bertz CT molecular complexity index is 1340. The molecule has 30 heavy (non-hydrogen) atoms. The molecule has 0 radical (unpaired) electrons. The predicted molar refractivity (Wildman–Crippen MR) is 110 cm³/mol. The molecule has 0 aliphatic rings. The first-order valence-electron chi connectivity index (χ1n) is 9.19. The maximum Gasteiger partial charge on any atom is 0.340 e. The molecule has 150 valence electrons. The van der Waals surface area contributed by atoms with Gasteiger partial charge in [-0.3, -0.25) is 0 Å². The average Bonchev–Trinajstić information content (AvgIpc) is 3.12. The van der Waals surface area contributed by atoms with Crippen molar-refractivity contribution in [3.8, 4) is 22.9 Å². The lowest BCUT2D eigenvalue weighted by atomic mass is 9.96. The van der Waals surface area contributed by atoms with E-state index >= 15 is 0 Å². The fourth-order valence-corrected chi connectivity index (χ4v) is 3.40. The Labute approximate surface area is 171 Å². The van der Waals surface area contributed by atoms with Crippen LogP contribution in [0.2, 0.25) is 0 Å². The number of anilines is 1. The van der Waals surface area contributed by atoms with Gasteiger partial charge in [-0.05, 0) is 31.5 Å². The average molecular weight is 402 g/mol. The van der Waals surface area contributed by atoms with Gasteiger partial charge in [-0.1, -0.05) is 12.1 Å². The molecule has 0 aliphatic heterocycles. The highest BCUT2D eigenvalue weighted by Gasteiger charge is 2.26. The van der Waals surface area contributed by atoms with Gasteiger partial charge in [0, 0.05) is 5.56 Å². The molecule has 3 aromatic heterocycles. The zero-order valence-electron chi connectivity index (χ0n) is 16.6. The summed E-state index contributed by atoms with van der Waals surface area (Å²) in [7, 11) is 1.58. The van der Waals surface area contributed by atoms with E-state index in [0.717, 1.165) is 5.56 Å². The fraction of sp³-hybridized carbons (Fsp3) is 0.190. The number of nitrogens with two attached hydrogens (primary N) is 1. The third-order valence-corrected chi connectivity index (χ3v) is 4.78. The molecule has 0 saturated heterocycles. The van der Waals surface area contributed by atoms with Gasteiger partial charge >= 0.3 is 5.97 Å². The lowest BCUT2D eigenvalue weighted by molar-refractivity contribution is 0.0526. The number of hydrogen-bond acceptors (Lipinski definition) is 8. The summed E-state index contributed by atoms with van der Waals surface area (Å²) in [5, 5.41) is 14.2. The van der Waals surface area contributed by atoms with E-state index in [1.165, 1.54) is 10.7 Å². The third kappa shape index (κ3) is 2.86. The van der Waals surface area contributed by atoms with Gasteiger partial charge in [0.2, 0.25) is 0 Å². The first-order chi connectivity index (χ1) is 14.5. The van der Waals surface area contributed by atoms with Crippen LogP contribution >= 0.6 is 0 Å². The molecular weight excluding hydrogens is 384 g/mol. The SMILES string of the molecule is CCOC(=O)c1c(C)nc2nn3c(N)c(C#N)cnc3c2c1-c1ccc(OC)cc1. The van der Waals surface area contributed by atoms with Crippen molar-refractivity contribution in [2.45, 2.75) is 13.8 Å². The number of nitriles is 1. The Balaban J connectivity index is 2.16. The van der Waals surface area contributed by atoms with E-state index in [2.05, 4.69) is 15.1 Å². The Hall–Kier alpha value is -4.19. The highest BCUT2D eigenvalue weighted by atomic mass is 16.5. The molecule has 0 bridgehead atoms. The number of methoxy groups -OCH3 is 1. The molecule has 1 aromatic carbocycles. The second kappa shape index (κ2) is 7.33.